The normalized spacial score (nSPS) is 22.2. The van der Waals surface area contributed by atoms with Crippen LogP contribution in [0.4, 0.5) is 11.5 Å². The molecular formula is C18H25N5S. The van der Waals surface area contributed by atoms with Gasteiger partial charge in [-0.3, -0.25) is 4.90 Å². The van der Waals surface area contributed by atoms with Gasteiger partial charge in [0.1, 0.15) is 5.82 Å². The Hall–Kier alpha value is -1.66. The van der Waals surface area contributed by atoms with Crippen LogP contribution < -0.4 is 11.1 Å². The standard InChI is InChI=1S/C18H25N5S/c19-17-6-5-15(10-20-17)22-14-2-1-8-23(9-7-14)12-16-11-21-18(24-16)13-3-4-13/h5-6,10-11,13-14,22H,1-4,7-9,12H2,(H2,19,20)/t14-/m1/s1. The van der Waals surface area contributed by atoms with Crippen molar-refractivity contribution in [2.24, 2.45) is 0 Å². The number of rotatable bonds is 5. The van der Waals surface area contributed by atoms with Crippen molar-refractivity contribution in [3.63, 3.8) is 0 Å². The minimum Gasteiger partial charge on any atom is -0.384 e. The van der Waals surface area contributed by atoms with Gasteiger partial charge in [0.05, 0.1) is 16.9 Å². The van der Waals surface area contributed by atoms with E-state index in [4.69, 9.17) is 5.73 Å². The van der Waals surface area contributed by atoms with E-state index in [2.05, 4.69) is 26.4 Å². The lowest BCUT2D eigenvalue weighted by atomic mass is 10.1. The van der Waals surface area contributed by atoms with Gasteiger partial charge in [-0.2, -0.15) is 0 Å². The van der Waals surface area contributed by atoms with Crippen molar-refractivity contribution in [1.82, 2.24) is 14.9 Å². The van der Waals surface area contributed by atoms with Gasteiger partial charge in [0, 0.05) is 36.1 Å². The van der Waals surface area contributed by atoms with E-state index in [1.807, 2.05) is 29.7 Å². The number of nitrogens with two attached hydrogens (primary N) is 1. The van der Waals surface area contributed by atoms with Crippen molar-refractivity contribution in [1.29, 1.82) is 0 Å². The molecule has 24 heavy (non-hydrogen) atoms. The zero-order chi connectivity index (χ0) is 16.4. The molecule has 0 radical (unpaired) electrons. The monoisotopic (exact) mass is 343 g/mol. The molecule has 2 fully saturated rings. The summed E-state index contributed by atoms with van der Waals surface area (Å²) in [5, 5.41) is 4.96. The van der Waals surface area contributed by atoms with E-state index >= 15 is 0 Å². The second-order valence-corrected chi connectivity index (χ2v) is 8.11. The summed E-state index contributed by atoms with van der Waals surface area (Å²) in [6, 6.07) is 4.39. The molecule has 0 aromatic carbocycles. The van der Waals surface area contributed by atoms with Gasteiger partial charge in [-0.05, 0) is 50.8 Å². The molecule has 3 heterocycles. The van der Waals surface area contributed by atoms with Crippen molar-refractivity contribution < 1.29 is 0 Å². The minimum absolute atomic E-state index is 0.518. The number of likely N-dealkylation sites (tertiary alicyclic amines) is 1. The third-order valence-corrected chi connectivity index (χ3v) is 6.00. The molecule has 4 rings (SSSR count). The molecular weight excluding hydrogens is 318 g/mol. The lowest BCUT2D eigenvalue weighted by molar-refractivity contribution is 0.278. The maximum Gasteiger partial charge on any atom is 0.123 e. The molecule has 0 unspecified atom stereocenters. The van der Waals surface area contributed by atoms with Gasteiger partial charge in [-0.1, -0.05) is 0 Å². The fourth-order valence-corrected chi connectivity index (χ4v) is 4.45. The Balaban J connectivity index is 1.29. The molecule has 2 aliphatic rings. The Labute approximate surface area is 147 Å². The lowest BCUT2D eigenvalue weighted by Gasteiger charge is -2.20. The van der Waals surface area contributed by atoms with Crippen molar-refractivity contribution in [2.45, 2.75) is 50.6 Å². The van der Waals surface area contributed by atoms with Crippen LogP contribution in [0.15, 0.2) is 24.5 Å². The van der Waals surface area contributed by atoms with E-state index in [0.29, 0.717) is 11.9 Å². The molecule has 0 amide bonds. The first-order valence-electron chi connectivity index (χ1n) is 8.91. The second-order valence-electron chi connectivity index (χ2n) is 6.96. The minimum atomic E-state index is 0.518. The first-order chi connectivity index (χ1) is 11.8. The van der Waals surface area contributed by atoms with Gasteiger partial charge in [0.2, 0.25) is 0 Å². The van der Waals surface area contributed by atoms with Crippen LogP contribution in [0.3, 0.4) is 0 Å². The molecule has 1 saturated heterocycles. The predicted molar refractivity (Wildman–Crippen MR) is 99.3 cm³/mol. The third kappa shape index (κ3) is 4.05. The first kappa shape index (κ1) is 15.8. The maximum atomic E-state index is 5.65. The Morgan fingerprint density at radius 2 is 2.04 bits per heavy atom. The number of nitrogens with zero attached hydrogens (tertiary/aromatic N) is 3. The summed E-state index contributed by atoms with van der Waals surface area (Å²) in [5.41, 5.74) is 6.72. The fraction of sp³-hybridized carbons (Fsp3) is 0.556. The first-order valence-corrected chi connectivity index (χ1v) is 9.73. The van der Waals surface area contributed by atoms with Gasteiger partial charge in [-0.15, -0.1) is 11.3 Å². The average molecular weight is 344 g/mol. The van der Waals surface area contributed by atoms with E-state index < -0.39 is 0 Å². The van der Waals surface area contributed by atoms with E-state index in [1.54, 1.807) is 0 Å². The Morgan fingerprint density at radius 3 is 2.83 bits per heavy atom. The molecule has 1 atom stereocenters. The number of nitrogen functional groups attached to an aromatic ring is 1. The summed E-state index contributed by atoms with van der Waals surface area (Å²) >= 11 is 1.92. The molecule has 0 spiro atoms. The summed E-state index contributed by atoms with van der Waals surface area (Å²) in [6.07, 6.45) is 10.2. The molecule has 2 aromatic rings. The molecule has 2 aromatic heterocycles. The van der Waals surface area contributed by atoms with Crippen LogP contribution in [0.2, 0.25) is 0 Å². The van der Waals surface area contributed by atoms with Crippen LogP contribution in [0.1, 0.15) is 47.9 Å². The zero-order valence-electron chi connectivity index (χ0n) is 13.9. The highest BCUT2D eigenvalue weighted by atomic mass is 32.1. The summed E-state index contributed by atoms with van der Waals surface area (Å²) in [5.74, 6) is 1.35. The number of anilines is 2. The SMILES string of the molecule is Nc1ccc(N[C@@H]2CCCN(Cc3cnc(C4CC4)s3)CC2)cn1. The summed E-state index contributed by atoms with van der Waals surface area (Å²) in [7, 11) is 0. The molecule has 3 N–H and O–H groups in total. The fourth-order valence-electron chi connectivity index (χ4n) is 3.32. The van der Waals surface area contributed by atoms with Crippen molar-refractivity contribution in [3.8, 4) is 0 Å². The number of pyridine rings is 1. The van der Waals surface area contributed by atoms with Crippen LogP contribution in [0.5, 0.6) is 0 Å². The van der Waals surface area contributed by atoms with Crippen LogP contribution >= 0.6 is 11.3 Å². The van der Waals surface area contributed by atoms with Gasteiger partial charge in [0.25, 0.3) is 0 Å². The molecule has 128 valence electrons. The average Bonchev–Trinajstić information content (AvgIpc) is 3.36. The van der Waals surface area contributed by atoms with Crippen molar-refractivity contribution >= 4 is 22.8 Å². The smallest absolute Gasteiger partial charge is 0.123 e. The number of hydrogen-bond acceptors (Lipinski definition) is 6. The van der Waals surface area contributed by atoms with Crippen molar-refractivity contribution in [3.05, 3.63) is 34.4 Å². The predicted octanol–water partition coefficient (Wildman–Crippen LogP) is 3.46. The van der Waals surface area contributed by atoms with Crippen LogP contribution in [-0.2, 0) is 6.54 Å². The third-order valence-electron chi connectivity index (χ3n) is 4.86. The highest BCUT2D eigenvalue weighted by molar-refractivity contribution is 7.11. The van der Waals surface area contributed by atoms with Crippen LogP contribution in [0, 0.1) is 0 Å². The number of aromatic nitrogens is 2. The van der Waals surface area contributed by atoms with E-state index in [-0.39, 0.29) is 0 Å². The van der Waals surface area contributed by atoms with E-state index in [0.717, 1.165) is 24.7 Å². The van der Waals surface area contributed by atoms with Crippen LogP contribution in [0.25, 0.3) is 0 Å². The Bertz CT molecular complexity index is 664. The van der Waals surface area contributed by atoms with Gasteiger partial charge in [-0.25, -0.2) is 9.97 Å². The second kappa shape index (κ2) is 7.07. The molecule has 5 nitrogen and oxygen atoms in total. The lowest BCUT2D eigenvalue weighted by Crippen LogP contribution is -2.25. The topological polar surface area (TPSA) is 67.1 Å². The number of thiazole rings is 1. The van der Waals surface area contributed by atoms with Gasteiger partial charge < -0.3 is 11.1 Å². The largest absolute Gasteiger partial charge is 0.384 e. The molecule has 1 saturated carbocycles. The number of nitrogens with one attached hydrogen (secondary N) is 1. The summed E-state index contributed by atoms with van der Waals surface area (Å²) in [4.78, 5) is 12.8. The van der Waals surface area contributed by atoms with Gasteiger partial charge >= 0.3 is 0 Å². The summed E-state index contributed by atoms with van der Waals surface area (Å²) in [6.45, 7) is 3.37. The van der Waals surface area contributed by atoms with Gasteiger partial charge in [0.15, 0.2) is 0 Å². The van der Waals surface area contributed by atoms with E-state index in [1.165, 1.54) is 48.5 Å². The molecule has 1 aliphatic heterocycles. The number of hydrogen-bond donors (Lipinski definition) is 2. The highest BCUT2D eigenvalue weighted by Gasteiger charge is 2.27. The van der Waals surface area contributed by atoms with E-state index in [9.17, 15) is 0 Å². The van der Waals surface area contributed by atoms with Crippen LogP contribution in [-0.4, -0.2) is 34.0 Å². The zero-order valence-corrected chi connectivity index (χ0v) is 14.8. The maximum absolute atomic E-state index is 5.65. The summed E-state index contributed by atoms with van der Waals surface area (Å²) < 4.78 is 0. The molecule has 6 heteroatoms. The van der Waals surface area contributed by atoms with Crippen molar-refractivity contribution in [2.75, 3.05) is 24.1 Å². The molecule has 1 aliphatic carbocycles. The molecule has 0 bridgehead atoms. The Kier molecular flexibility index (Phi) is 4.67. The highest BCUT2D eigenvalue weighted by Crippen LogP contribution is 2.41. The quantitative estimate of drug-likeness (QED) is 0.870. The Morgan fingerprint density at radius 1 is 1.12 bits per heavy atom.